The first-order valence-electron chi connectivity index (χ1n) is 7.54. The van der Waals surface area contributed by atoms with Crippen LogP contribution in [0.4, 0.5) is 5.69 Å². The van der Waals surface area contributed by atoms with E-state index in [1.807, 2.05) is 63.2 Å². The molecule has 4 nitrogen and oxygen atoms in total. The van der Waals surface area contributed by atoms with Crippen LogP contribution in [0.5, 0.6) is 0 Å². The van der Waals surface area contributed by atoms with Gasteiger partial charge in [-0.05, 0) is 38.0 Å². The molecule has 4 heteroatoms. The summed E-state index contributed by atoms with van der Waals surface area (Å²) in [5.74, 6) is -0.187. The summed E-state index contributed by atoms with van der Waals surface area (Å²) in [6.07, 6.45) is 0. The Labute approximate surface area is 135 Å². The number of para-hydroxylation sites is 1. The molecule has 3 rings (SSSR count). The highest BCUT2D eigenvalue weighted by Crippen LogP contribution is 2.22. The standard InChI is InChI=1S/C19H19N3O/c1-12-7-9-15(10-8-12)16-11-17(22-21-16)19(23)20-18-13(2)5-4-6-14(18)3/h4-11H,1-3H3,(H,20,23)(H,21,22). The Hall–Kier alpha value is -2.88. The van der Waals surface area contributed by atoms with Gasteiger partial charge in [0.2, 0.25) is 0 Å². The maximum Gasteiger partial charge on any atom is 0.273 e. The number of benzene rings is 2. The number of nitrogens with zero attached hydrogens (tertiary/aromatic N) is 1. The summed E-state index contributed by atoms with van der Waals surface area (Å²) in [5.41, 5.74) is 6.31. The van der Waals surface area contributed by atoms with Crippen molar-refractivity contribution in [3.8, 4) is 11.3 Å². The molecule has 0 unspecified atom stereocenters. The summed E-state index contributed by atoms with van der Waals surface area (Å²) < 4.78 is 0. The summed E-state index contributed by atoms with van der Waals surface area (Å²) in [6.45, 7) is 6.00. The minimum absolute atomic E-state index is 0.187. The molecule has 1 heterocycles. The van der Waals surface area contributed by atoms with Crippen molar-refractivity contribution in [1.29, 1.82) is 0 Å². The van der Waals surface area contributed by atoms with Gasteiger partial charge in [0, 0.05) is 11.3 Å². The number of hydrogen-bond acceptors (Lipinski definition) is 2. The zero-order valence-corrected chi connectivity index (χ0v) is 13.5. The highest BCUT2D eigenvalue weighted by Gasteiger charge is 2.13. The van der Waals surface area contributed by atoms with Crippen molar-refractivity contribution in [3.63, 3.8) is 0 Å². The smallest absolute Gasteiger partial charge is 0.273 e. The number of carbonyl (C=O) groups excluding carboxylic acids is 1. The first kappa shape index (κ1) is 15.0. The number of rotatable bonds is 3. The van der Waals surface area contributed by atoms with Crippen LogP contribution in [0.1, 0.15) is 27.2 Å². The molecule has 116 valence electrons. The summed E-state index contributed by atoms with van der Waals surface area (Å²) in [6, 6.07) is 15.8. The van der Waals surface area contributed by atoms with Crippen molar-refractivity contribution in [2.75, 3.05) is 5.32 Å². The molecular formula is C19H19N3O. The summed E-state index contributed by atoms with van der Waals surface area (Å²) in [5, 5.41) is 10.0. The van der Waals surface area contributed by atoms with E-state index in [-0.39, 0.29) is 5.91 Å². The molecule has 0 aliphatic rings. The van der Waals surface area contributed by atoms with Gasteiger partial charge >= 0.3 is 0 Å². The van der Waals surface area contributed by atoms with E-state index in [1.54, 1.807) is 6.07 Å². The fourth-order valence-corrected chi connectivity index (χ4v) is 2.50. The van der Waals surface area contributed by atoms with Crippen LogP contribution in [0.15, 0.2) is 48.5 Å². The van der Waals surface area contributed by atoms with E-state index in [2.05, 4.69) is 15.5 Å². The Kier molecular flexibility index (Phi) is 3.98. The number of H-pyrrole nitrogens is 1. The van der Waals surface area contributed by atoms with Gasteiger partial charge in [-0.3, -0.25) is 9.89 Å². The topological polar surface area (TPSA) is 57.8 Å². The summed E-state index contributed by atoms with van der Waals surface area (Å²) >= 11 is 0. The molecule has 0 fully saturated rings. The molecule has 0 aliphatic heterocycles. The van der Waals surface area contributed by atoms with Gasteiger partial charge in [-0.1, -0.05) is 48.0 Å². The van der Waals surface area contributed by atoms with Gasteiger partial charge in [0.05, 0.1) is 5.69 Å². The van der Waals surface area contributed by atoms with Crippen LogP contribution >= 0.6 is 0 Å². The number of carbonyl (C=O) groups is 1. The second-order valence-electron chi connectivity index (χ2n) is 5.75. The zero-order valence-electron chi connectivity index (χ0n) is 13.5. The first-order chi connectivity index (χ1) is 11.0. The molecule has 1 aromatic heterocycles. The normalized spacial score (nSPS) is 10.6. The number of amides is 1. The van der Waals surface area contributed by atoms with Gasteiger partial charge in [-0.25, -0.2) is 0 Å². The lowest BCUT2D eigenvalue weighted by Gasteiger charge is -2.10. The van der Waals surface area contributed by atoms with Gasteiger partial charge < -0.3 is 5.32 Å². The van der Waals surface area contributed by atoms with E-state index in [0.29, 0.717) is 5.69 Å². The molecule has 2 aromatic carbocycles. The number of anilines is 1. The number of hydrogen-bond donors (Lipinski definition) is 2. The van der Waals surface area contributed by atoms with E-state index >= 15 is 0 Å². The summed E-state index contributed by atoms with van der Waals surface area (Å²) in [4.78, 5) is 12.4. The zero-order chi connectivity index (χ0) is 16.4. The predicted octanol–water partition coefficient (Wildman–Crippen LogP) is 4.25. The number of aromatic nitrogens is 2. The molecule has 0 saturated carbocycles. The Bertz CT molecular complexity index is 827. The van der Waals surface area contributed by atoms with E-state index in [9.17, 15) is 4.79 Å². The van der Waals surface area contributed by atoms with Crippen LogP contribution < -0.4 is 5.32 Å². The highest BCUT2D eigenvalue weighted by atomic mass is 16.1. The largest absolute Gasteiger partial charge is 0.320 e. The van der Waals surface area contributed by atoms with Crippen LogP contribution in [0.3, 0.4) is 0 Å². The molecule has 0 spiro atoms. The van der Waals surface area contributed by atoms with Crippen molar-refractivity contribution in [1.82, 2.24) is 10.2 Å². The number of aromatic amines is 1. The van der Waals surface area contributed by atoms with Gasteiger partial charge in [0.15, 0.2) is 0 Å². The Balaban J connectivity index is 1.83. The average molecular weight is 305 g/mol. The molecule has 0 radical (unpaired) electrons. The second kappa shape index (κ2) is 6.08. The lowest BCUT2D eigenvalue weighted by atomic mass is 10.1. The maximum absolute atomic E-state index is 12.4. The average Bonchev–Trinajstić information content (AvgIpc) is 3.02. The van der Waals surface area contributed by atoms with Crippen molar-refractivity contribution in [2.24, 2.45) is 0 Å². The molecule has 3 aromatic rings. The van der Waals surface area contributed by atoms with Gasteiger partial charge in [0.1, 0.15) is 5.69 Å². The van der Waals surface area contributed by atoms with Crippen molar-refractivity contribution < 1.29 is 4.79 Å². The third kappa shape index (κ3) is 3.16. The Morgan fingerprint density at radius 1 is 1.00 bits per heavy atom. The van der Waals surface area contributed by atoms with Crippen LogP contribution in [0.2, 0.25) is 0 Å². The van der Waals surface area contributed by atoms with Crippen molar-refractivity contribution in [3.05, 3.63) is 70.9 Å². The predicted molar refractivity (Wildman–Crippen MR) is 92.6 cm³/mol. The fraction of sp³-hybridized carbons (Fsp3) is 0.158. The van der Waals surface area contributed by atoms with Crippen LogP contribution in [-0.4, -0.2) is 16.1 Å². The first-order valence-corrected chi connectivity index (χ1v) is 7.54. The fourth-order valence-electron chi connectivity index (χ4n) is 2.50. The molecule has 23 heavy (non-hydrogen) atoms. The molecule has 0 atom stereocenters. The highest BCUT2D eigenvalue weighted by molar-refractivity contribution is 6.04. The SMILES string of the molecule is Cc1ccc(-c2cc(C(=O)Nc3c(C)cccc3C)[nH]n2)cc1. The molecule has 0 bridgehead atoms. The monoisotopic (exact) mass is 305 g/mol. The van der Waals surface area contributed by atoms with Gasteiger partial charge in [-0.2, -0.15) is 5.10 Å². The lowest BCUT2D eigenvalue weighted by molar-refractivity contribution is 0.102. The quantitative estimate of drug-likeness (QED) is 0.760. The molecular weight excluding hydrogens is 286 g/mol. The molecule has 2 N–H and O–H groups in total. The van der Waals surface area contributed by atoms with Crippen molar-refractivity contribution in [2.45, 2.75) is 20.8 Å². The molecule has 0 saturated heterocycles. The Morgan fingerprint density at radius 2 is 1.65 bits per heavy atom. The van der Waals surface area contributed by atoms with Crippen LogP contribution in [0, 0.1) is 20.8 Å². The minimum Gasteiger partial charge on any atom is -0.320 e. The maximum atomic E-state index is 12.4. The second-order valence-corrected chi connectivity index (χ2v) is 5.75. The summed E-state index contributed by atoms with van der Waals surface area (Å²) in [7, 11) is 0. The number of aryl methyl sites for hydroxylation is 3. The molecule has 1 amide bonds. The van der Waals surface area contributed by atoms with E-state index in [0.717, 1.165) is 28.1 Å². The van der Waals surface area contributed by atoms with Crippen LogP contribution in [-0.2, 0) is 0 Å². The van der Waals surface area contributed by atoms with Crippen LogP contribution in [0.25, 0.3) is 11.3 Å². The van der Waals surface area contributed by atoms with E-state index in [1.165, 1.54) is 5.56 Å². The van der Waals surface area contributed by atoms with Gasteiger partial charge in [-0.15, -0.1) is 0 Å². The minimum atomic E-state index is -0.187. The van der Waals surface area contributed by atoms with Gasteiger partial charge in [0.25, 0.3) is 5.91 Å². The third-order valence-electron chi connectivity index (χ3n) is 3.89. The Morgan fingerprint density at radius 3 is 2.30 bits per heavy atom. The lowest BCUT2D eigenvalue weighted by Crippen LogP contribution is -2.14. The third-order valence-corrected chi connectivity index (χ3v) is 3.89. The molecule has 0 aliphatic carbocycles. The van der Waals surface area contributed by atoms with E-state index in [4.69, 9.17) is 0 Å². The van der Waals surface area contributed by atoms with Crippen molar-refractivity contribution >= 4 is 11.6 Å². The van der Waals surface area contributed by atoms with E-state index < -0.39 is 0 Å². The number of nitrogens with one attached hydrogen (secondary N) is 2.